The van der Waals surface area contributed by atoms with Crippen molar-refractivity contribution in [2.75, 3.05) is 18.5 Å². The zero-order valence-electron chi connectivity index (χ0n) is 14.0. The molecule has 1 aromatic rings. The molecule has 1 aromatic carbocycles. The first-order valence-electron chi connectivity index (χ1n) is 8.50. The number of carbonyl (C=O) groups is 1. The molecule has 0 aliphatic heterocycles. The van der Waals surface area contributed by atoms with Crippen LogP contribution in [0.5, 0.6) is 0 Å². The summed E-state index contributed by atoms with van der Waals surface area (Å²) in [4.78, 5) is 13.9. The SMILES string of the molecule is CCOC(=O)c1ccc(NC(=S)N(CC)C2CCCCC2)cc1. The maximum atomic E-state index is 11.7. The Bertz CT molecular complexity index is 524. The summed E-state index contributed by atoms with van der Waals surface area (Å²) in [6.45, 7) is 5.25. The number of anilines is 1. The molecule has 23 heavy (non-hydrogen) atoms. The van der Waals surface area contributed by atoms with Crippen LogP contribution in [0.3, 0.4) is 0 Å². The van der Waals surface area contributed by atoms with Crippen molar-refractivity contribution >= 4 is 29.0 Å². The van der Waals surface area contributed by atoms with Gasteiger partial charge in [0.2, 0.25) is 0 Å². The normalized spacial score (nSPS) is 15.0. The molecule has 0 amide bonds. The number of carbonyl (C=O) groups excluding carboxylic acids is 1. The van der Waals surface area contributed by atoms with Gasteiger partial charge in [0.05, 0.1) is 12.2 Å². The molecule has 0 radical (unpaired) electrons. The van der Waals surface area contributed by atoms with Crippen molar-refractivity contribution in [3.05, 3.63) is 29.8 Å². The smallest absolute Gasteiger partial charge is 0.338 e. The van der Waals surface area contributed by atoms with Gasteiger partial charge in [-0.15, -0.1) is 0 Å². The first kappa shape index (κ1) is 17.7. The predicted octanol–water partition coefficient (Wildman–Crippen LogP) is 4.21. The maximum Gasteiger partial charge on any atom is 0.338 e. The van der Waals surface area contributed by atoms with E-state index >= 15 is 0 Å². The third-order valence-corrected chi connectivity index (χ3v) is 4.60. The Labute approximate surface area is 144 Å². The van der Waals surface area contributed by atoms with Crippen LogP contribution in [0.1, 0.15) is 56.3 Å². The van der Waals surface area contributed by atoms with Crippen molar-refractivity contribution in [1.82, 2.24) is 4.90 Å². The van der Waals surface area contributed by atoms with Gasteiger partial charge in [-0.25, -0.2) is 4.79 Å². The summed E-state index contributed by atoms with van der Waals surface area (Å²) in [5, 5.41) is 4.06. The molecule has 4 nitrogen and oxygen atoms in total. The highest BCUT2D eigenvalue weighted by molar-refractivity contribution is 7.80. The summed E-state index contributed by atoms with van der Waals surface area (Å²) in [5.41, 5.74) is 1.46. The summed E-state index contributed by atoms with van der Waals surface area (Å²) in [6, 6.07) is 7.81. The van der Waals surface area contributed by atoms with Gasteiger partial charge in [-0.1, -0.05) is 19.3 Å². The van der Waals surface area contributed by atoms with E-state index in [-0.39, 0.29) is 5.97 Å². The number of ether oxygens (including phenoxy) is 1. The number of rotatable bonds is 5. The van der Waals surface area contributed by atoms with E-state index in [0.717, 1.165) is 17.3 Å². The van der Waals surface area contributed by atoms with Crippen molar-refractivity contribution in [3.8, 4) is 0 Å². The zero-order chi connectivity index (χ0) is 16.7. The number of benzene rings is 1. The fourth-order valence-corrected chi connectivity index (χ4v) is 3.46. The fraction of sp³-hybridized carbons (Fsp3) is 0.556. The summed E-state index contributed by atoms with van der Waals surface area (Å²) >= 11 is 5.59. The second-order valence-electron chi connectivity index (χ2n) is 5.81. The van der Waals surface area contributed by atoms with Crippen LogP contribution in [-0.4, -0.2) is 35.2 Å². The second-order valence-corrected chi connectivity index (χ2v) is 6.19. The van der Waals surface area contributed by atoms with Gasteiger partial charge in [0, 0.05) is 18.3 Å². The quantitative estimate of drug-likeness (QED) is 0.645. The lowest BCUT2D eigenvalue weighted by Crippen LogP contribution is -2.43. The molecule has 0 atom stereocenters. The van der Waals surface area contributed by atoms with Crippen molar-refractivity contribution in [2.24, 2.45) is 0 Å². The van der Waals surface area contributed by atoms with Gasteiger partial charge >= 0.3 is 5.97 Å². The van der Waals surface area contributed by atoms with Gasteiger partial charge < -0.3 is 15.0 Å². The highest BCUT2D eigenvalue weighted by Gasteiger charge is 2.21. The van der Waals surface area contributed by atoms with Gasteiger partial charge in [0.1, 0.15) is 0 Å². The summed E-state index contributed by atoms with van der Waals surface area (Å²) in [7, 11) is 0. The summed E-state index contributed by atoms with van der Waals surface area (Å²) < 4.78 is 4.99. The monoisotopic (exact) mass is 334 g/mol. The van der Waals surface area contributed by atoms with Gasteiger partial charge in [-0.05, 0) is 63.2 Å². The van der Waals surface area contributed by atoms with E-state index in [2.05, 4.69) is 17.1 Å². The number of hydrogen-bond acceptors (Lipinski definition) is 3. The van der Waals surface area contributed by atoms with E-state index in [4.69, 9.17) is 17.0 Å². The third-order valence-electron chi connectivity index (χ3n) is 4.26. The number of hydrogen-bond donors (Lipinski definition) is 1. The Kier molecular flexibility index (Phi) is 6.84. The lowest BCUT2D eigenvalue weighted by atomic mass is 9.94. The second kappa shape index (κ2) is 8.87. The largest absolute Gasteiger partial charge is 0.462 e. The predicted molar refractivity (Wildman–Crippen MR) is 97.9 cm³/mol. The molecule has 0 bridgehead atoms. The van der Waals surface area contributed by atoms with Crippen LogP contribution in [-0.2, 0) is 4.74 Å². The minimum atomic E-state index is -0.293. The van der Waals surface area contributed by atoms with Crippen LogP contribution in [0.15, 0.2) is 24.3 Å². The minimum Gasteiger partial charge on any atom is -0.462 e. The standard InChI is InChI=1S/C18H26N2O2S/c1-3-20(16-8-6-5-7-9-16)18(23)19-15-12-10-14(11-13-15)17(21)22-4-2/h10-13,16H,3-9H2,1-2H3,(H,19,23). The van der Waals surface area contributed by atoms with Crippen molar-refractivity contribution < 1.29 is 9.53 Å². The van der Waals surface area contributed by atoms with Crippen LogP contribution in [0, 0.1) is 0 Å². The molecule has 1 fully saturated rings. The van der Waals surface area contributed by atoms with Crippen LogP contribution in [0.2, 0.25) is 0 Å². The van der Waals surface area contributed by atoms with E-state index in [1.54, 1.807) is 19.1 Å². The van der Waals surface area contributed by atoms with E-state index in [1.807, 2.05) is 12.1 Å². The molecule has 2 rings (SSSR count). The van der Waals surface area contributed by atoms with Crippen molar-refractivity contribution in [3.63, 3.8) is 0 Å². The highest BCUT2D eigenvalue weighted by Crippen LogP contribution is 2.23. The average Bonchev–Trinajstić information content (AvgIpc) is 2.57. The topological polar surface area (TPSA) is 41.6 Å². The third kappa shape index (κ3) is 4.93. The molecular weight excluding hydrogens is 308 g/mol. The first-order valence-corrected chi connectivity index (χ1v) is 8.91. The Morgan fingerprint density at radius 2 is 1.87 bits per heavy atom. The lowest BCUT2D eigenvalue weighted by Gasteiger charge is -2.35. The Hall–Kier alpha value is -1.62. The Morgan fingerprint density at radius 3 is 2.43 bits per heavy atom. The van der Waals surface area contributed by atoms with Gasteiger partial charge in [-0.3, -0.25) is 0 Å². The Morgan fingerprint density at radius 1 is 1.22 bits per heavy atom. The van der Waals surface area contributed by atoms with E-state index < -0.39 is 0 Å². The Balaban J connectivity index is 1.96. The molecule has 1 aliphatic rings. The fourth-order valence-electron chi connectivity index (χ4n) is 3.06. The summed E-state index contributed by atoms with van der Waals surface area (Å²) in [6.07, 6.45) is 6.36. The molecular formula is C18H26N2O2S. The molecule has 1 saturated carbocycles. The molecule has 5 heteroatoms. The van der Waals surface area contributed by atoms with Gasteiger partial charge in [0.25, 0.3) is 0 Å². The maximum absolute atomic E-state index is 11.7. The number of esters is 1. The first-order chi connectivity index (χ1) is 11.2. The molecule has 0 heterocycles. The number of nitrogens with zero attached hydrogens (tertiary/aromatic N) is 1. The van der Waals surface area contributed by atoms with Crippen LogP contribution in [0.4, 0.5) is 5.69 Å². The molecule has 126 valence electrons. The van der Waals surface area contributed by atoms with Crippen LogP contribution in [0.25, 0.3) is 0 Å². The zero-order valence-corrected chi connectivity index (χ0v) is 14.8. The van der Waals surface area contributed by atoms with Gasteiger partial charge in [0.15, 0.2) is 5.11 Å². The van der Waals surface area contributed by atoms with E-state index in [0.29, 0.717) is 18.2 Å². The molecule has 1 aliphatic carbocycles. The summed E-state index contributed by atoms with van der Waals surface area (Å²) in [5.74, 6) is -0.293. The molecule has 0 saturated heterocycles. The molecule has 0 aromatic heterocycles. The highest BCUT2D eigenvalue weighted by atomic mass is 32.1. The molecule has 1 N–H and O–H groups in total. The van der Waals surface area contributed by atoms with Crippen LogP contribution < -0.4 is 5.32 Å². The number of nitrogens with one attached hydrogen (secondary N) is 1. The van der Waals surface area contributed by atoms with E-state index in [9.17, 15) is 4.79 Å². The molecule has 0 unspecified atom stereocenters. The van der Waals surface area contributed by atoms with Crippen molar-refractivity contribution in [1.29, 1.82) is 0 Å². The van der Waals surface area contributed by atoms with E-state index in [1.165, 1.54) is 32.1 Å². The lowest BCUT2D eigenvalue weighted by molar-refractivity contribution is 0.0526. The number of thiocarbonyl (C=S) groups is 1. The minimum absolute atomic E-state index is 0.293. The van der Waals surface area contributed by atoms with Crippen molar-refractivity contribution in [2.45, 2.75) is 52.0 Å². The van der Waals surface area contributed by atoms with Crippen LogP contribution >= 0.6 is 12.2 Å². The average molecular weight is 334 g/mol. The van der Waals surface area contributed by atoms with Gasteiger partial charge in [-0.2, -0.15) is 0 Å². The molecule has 0 spiro atoms.